The number of rotatable bonds is 4. The Kier molecular flexibility index (Phi) is 5.25. The van der Waals surface area contributed by atoms with Gasteiger partial charge in [0.15, 0.2) is 0 Å². The number of anilines is 1. The fourth-order valence-electron chi connectivity index (χ4n) is 4.12. The van der Waals surface area contributed by atoms with E-state index >= 15 is 0 Å². The number of amides is 2. The van der Waals surface area contributed by atoms with Gasteiger partial charge in [0.1, 0.15) is 5.82 Å². The van der Waals surface area contributed by atoms with Crippen LogP contribution >= 0.6 is 0 Å². The van der Waals surface area contributed by atoms with Crippen LogP contribution in [0.5, 0.6) is 0 Å². The van der Waals surface area contributed by atoms with Crippen LogP contribution in [-0.2, 0) is 4.79 Å². The number of carbonyl (C=O) groups excluding carboxylic acids is 2. The molecule has 0 saturated carbocycles. The molecule has 6 heteroatoms. The van der Waals surface area contributed by atoms with E-state index in [1.165, 1.54) is 0 Å². The first-order chi connectivity index (χ1) is 12.1. The lowest BCUT2D eigenvalue weighted by Crippen LogP contribution is -2.54. The molecule has 0 unspecified atom stereocenters. The summed E-state index contributed by atoms with van der Waals surface area (Å²) in [5, 5.41) is 2.84. The van der Waals surface area contributed by atoms with Crippen LogP contribution in [0.4, 0.5) is 5.82 Å². The van der Waals surface area contributed by atoms with Gasteiger partial charge in [0.25, 0.3) is 5.91 Å². The van der Waals surface area contributed by atoms with E-state index in [4.69, 9.17) is 0 Å². The predicted octanol–water partition coefficient (Wildman–Crippen LogP) is 2.06. The first kappa shape index (κ1) is 17.7. The Hall–Kier alpha value is -2.11. The summed E-state index contributed by atoms with van der Waals surface area (Å²) in [6, 6.07) is 3.64. The average Bonchev–Trinajstić information content (AvgIpc) is 2.64. The Morgan fingerprint density at radius 1 is 1.32 bits per heavy atom. The zero-order valence-corrected chi connectivity index (χ0v) is 15.3. The van der Waals surface area contributed by atoms with Crippen LogP contribution in [0.25, 0.3) is 0 Å². The van der Waals surface area contributed by atoms with Gasteiger partial charge in [-0.3, -0.25) is 9.59 Å². The predicted molar refractivity (Wildman–Crippen MR) is 97.6 cm³/mol. The number of piperidine rings is 2. The molecule has 25 heavy (non-hydrogen) atoms. The van der Waals surface area contributed by atoms with E-state index in [1.54, 1.807) is 12.3 Å². The number of hydrogen-bond acceptors (Lipinski definition) is 4. The topological polar surface area (TPSA) is 65.5 Å². The van der Waals surface area contributed by atoms with Gasteiger partial charge in [-0.15, -0.1) is 0 Å². The summed E-state index contributed by atoms with van der Waals surface area (Å²) in [5.41, 5.74) is 0.811. The lowest BCUT2D eigenvalue weighted by Gasteiger charge is -2.48. The second-order valence-corrected chi connectivity index (χ2v) is 7.20. The van der Waals surface area contributed by atoms with Gasteiger partial charge in [0.05, 0.1) is 0 Å². The minimum atomic E-state index is -0.0571. The summed E-state index contributed by atoms with van der Waals surface area (Å²) in [6.45, 7) is 8.06. The summed E-state index contributed by atoms with van der Waals surface area (Å²) in [6.07, 6.45) is 5.56. The Labute approximate surface area is 149 Å². The van der Waals surface area contributed by atoms with E-state index in [0.29, 0.717) is 18.5 Å². The third kappa shape index (κ3) is 3.78. The van der Waals surface area contributed by atoms with Crippen molar-refractivity contribution >= 4 is 17.6 Å². The van der Waals surface area contributed by atoms with Gasteiger partial charge >= 0.3 is 0 Å². The maximum absolute atomic E-state index is 12.1. The summed E-state index contributed by atoms with van der Waals surface area (Å²) >= 11 is 0. The van der Waals surface area contributed by atoms with E-state index in [9.17, 15) is 9.59 Å². The molecule has 2 amide bonds. The lowest BCUT2D eigenvalue weighted by atomic mass is 9.73. The first-order valence-corrected chi connectivity index (χ1v) is 9.34. The fourth-order valence-corrected chi connectivity index (χ4v) is 4.12. The second kappa shape index (κ2) is 7.42. The van der Waals surface area contributed by atoms with Crippen molar-refractivity contribution in [3.63, 3.8) is 0 Å². The molecule has 6 nitrogen and oxygen atoms in total. The van der Waals surface area contributed by atoms with E-state index in [1.807, 2.05) is 17.9 Å². The third-order valence-corrected chi connectivity index (χ3v) is 5.46. The molecule has 3 heterocycles. The van der Waals surface area contributed by atoms with E-state index < -0.39 is 0 Å². The van der Waals surface area contributed by atoms with E-state index in [-0.39, 0.29) is 17.2 Å². The number of hydrogen-bond donors (Lipinski definition) is 1. The zero-order valence-electron chi connectivity index (χ0n) is 15.3. The van der Waals surface area contributed by atoms with Gasteiger partial charge in [-0.25, -0.2) is 4.98 Å². The van der Waals surface area contributed by atoms with Crippen molar-refractivity contribution in [3.8, 4) is 0 Å². The van der Waals surface area contributed by atoms with E-state index in [2.05, 4.69) is 22.1 Å². The molecule has 0 radical (unpaired) electrons. The van der Waals surface area contributed by atoms with E-state index in [0.717, 1.165) is 51.3 Å². The molecular formula is C19H28N4O2. The van der Waals surface area contributed by atoms with Gasteiger partial charge in [-0.05, 0) is 45.2 Å². The maximum Gasteiger partial charge on any atom is 0.251 e. The smallest absolute Gasteiger partial charge is 0.251 e. The molecule has 1 atom stereocenters. The monoisotopic (exact) mass is 344 g/mol. The molecule has 1 aromatic rings. The number of likely N-dealkylation sites (tertiary alicyclic amines) is 1. The standard InChI is InChI=1S/C19H28N4O2/c1-3-20-18(25)15-7-10-21-16(12-15)23-11-5-8-19(14-23)9-6-17(24)22(4-2)13-19/h7,10,12H,3-6,8-9,11,13-14H2,1-2H3,(H,20,25)/t19-/m1/s1. The van der Waals surface area contributed by atoms with Gasteiger partial charge < -0.3 is 15.1 Å². The molecule has 1 N–H and O–H groups in total. The van der Waals surface area contributed by atoms with Crippen LogP contribution in [-0.4, -0.2) is 54.4 Å². The maximum atomic E-state index is 12.1. The molecule has 2 fully saturated rings. The minimum Gasteiger partial charge on any atom is -0.356 e. The quantitative estimate of drug-likeness (QED) is 0.908. The highest BCUT2D eigenvalue weighted by atomic mass is 16.2. The third-order valence-electron chi connectivity index (χ3n) is 5.46. The Morgan fingerprint density at radius 2 is 2.16 bits per heavy atom. The Balaban J connectivity index is 1.76. The Bertz CT molecular complexity index is 648. The number of pyridine rings is 1. The molecule has 3 rings (SSSR count). The summed E-state index contributed by atoms with van der Waals surface area (Å²) in [7, 11) is 0. The highest BCUT2D eigenvalue weighted by molar-refractivity contribution is 5.94. The van der Waals surface area contributed by atoms with Crippen molar-refractivity contribution in [3.05, 3.63) is 23.9 Å². The van der Waals surface area contributed by atoms with Crippen molar-refractivity contribution in [1.82, 2.24) is 15.2 Å². The Morgan fingerprint density at radius 3 is 2.92 bits per heavy atom. The van der Waals surface area contributed by atoms with Gasteiger partial charge in [0.2, 0.25) is 5.91 Å². The first-order valence-electron chi connectivity index (χ1n) is 9.34. The van der Waals surface area contributed by atoms with Crippen LogP contribution in [0, 0.1) is 5.41 Å². The van der Waals surface area contributed by atoms with Crippen LogP contribution in [0.2, 0.25) is 0 Å². The van der Waals surface area contributed by atoms with Crippen molar-refractivity contribution < 1.29 is 9.59 Å². The molecule has 1 spiro atoms. The summed E-state index contributed by atoms with van der Waals surface area (Å²) < 4.78 is 0. The van der Waals surface area contributed by atoms with Crippen molar-refractivity contribution in [2.45, 2.75) is 39.5 Å². The highest BCUT2D eigenvalue weighted by Crippen LogP contribution is 2.39. The lowest BCUT2D eigenvalue weighted by molar-refractivity contribution is -0.137. The number of carbonyl (C=O) groups is 2. The van der Waals surface area contributed by atoms with Gasteiger partial charge in [-0.1, -0.05) is 0 Å². The van der Waals surface area contributed by atoms with Crippen molar-refractivity contribution in [2.75, 3.05) is 37.6 Å². The van der Waals surface area contributed by atoms with Crippen LogP contribution in [0.3, 0.4) is 0 Å². The molecule has 1 aromatic heterocycles. The normalized spacial score (nSPS) is 23.8. The molecule has 0 aromatic carbocycles. The number of aromatic nitrogens is 1. The average molecular weight is 344 g/mol. The van der Waals surface area contributed by atoms with Crippen molar-refractivity contribution in [1.29, 1.82) is 0 Å². The second-order valence-electron chi connectivity index (χ2n) is 7.20. The fraction of sp³-hybridized carbons (Fsp3) is 0.632. The molecule has 2 aliphatic rings. The largest absolute Gasteiger partial charge is 0.356 e. The van der Waals surface area contributed by atoms with Crippen LogP contribution < -0.4 is 10.2 Å². The highest BCUT2D eigenvalue weighted by Gasteiger charge is 2.41. The molecule has 2 aliphatic heterocycles. The zero-order chi connectivity index (χ0) is 17.9. The van der Waals surface area contributed by atoms with Crippen molar-refractivity contribution in [2.24, 2.45) is 5.41 Å². The minimum absolute atomic E-state index is 0.0571. The van der Waals surface area contributed by atoms with Crippen LogP contribution in [0.1, 0.15) is 49.9 Å². The molecule has 2 saturated heterocycles. The van der Waals surface area contributed by atoms with Gasteiger partial charge in [0, 0.05) is 56.3 Å². The summed E-state index contributed by atoms with van der Waals surface area (Å²) in [5.74, 6) is 1.09. The number of nitrogens with zero attached hydrogens (tertiary/aromatic N) is 3. The number of nitrogens with one attached hydrogen (secondary N) is 1. The SMILES string of the molecule is CCNC(=O)c1ccnc(N2CCC[C@]3(CCC(=O)N(CC)C3)C2)c1. The molecule has 0 aliphatic carbocycles. The van der Waals surface area contributed by atoms with Crippen LogP contribution in [0.15, 0.2) is 18.3 Å². The molecule has 0 bridgehead atoms. The van der Waals surface area contributed by atoms with Gasteiger partial charge in [-0.2, -0.15) is 0 Å². The molecular weight excluding hydrogens is 316 g/mol. The molecule has 136 valence electrons. The summed E-state index contributed by atoms with van der Waals surface area (Å²) in [4.78, 5) is 32.9.